The fourth-order valence-corrected chi connectivity index (χ4v) is 3.31. The van der Waals surface area contributed by atoms with Crippen LogP contribution in [-0.2, 0) is 6.54 Å². The fourth-order valence-electron chi connectivity index (χ4n) is 3.31. The Hall–Kier alpha value is -3.88. The molecule has 0 fully saturated rings. The number of amides is 2. The van der Waals surface area contributed by atoms with Crippen molar-refractivity contribution in [3.8, 4) is 23.3 Å². The lowest BCUT2D eigenvalue weighted by Crippen LogP contribution is -2.01. The van der Waals surface area contributed by atoms with Gasteiger partial charge >= 0.3 is 0 Å². The number of methoxy groups -OCH3 is 1. The van der Waals surface area contributed by atoms with E-state index < -0.39 is 11.8 Å². The number of hydrogen-bond acceptors (Lipinski definition) is 6. The molecule has 33 heavy (non-hydrogen) atoms. The lowest BCUT2D eigenvalue weighted by atomic mass is 10.1. The van der Waals surface area contributed by atoms with Crippen LogP contribution in [0.3, 0.4) is 0 Å². The summed E-state index contributed by atoms with van der Waals surface area (Å²) in [5.74, 6) is -0.769. The summed E-state index contributed by atoms with van der Waals surface area (Å²) in [4.78, 5) is 24.9. The molecule has 3 aromatic rings. The maximum absolute atomic E-state index is 12.5. The zero-order valence-corrected chi connectivity index (χ0v) is 18.9. The number of hydrogen-bond donors (Lipinski definition) is 2. The highest BCUT2D eigenvalue weighted by atomic mass is 16.5. The van der Waals surface area contributed by atoms with Crippen LogP contribution in [0.25, 0.3) is 10.8 Å². The normalized spacial score (nSPS) is 11.2. The first-order valence-corrected chi connectivity index (χ1v) is 10.8. The van der Waals surface area contributed by atoms with Crippen LogP contribution in [0.1, 0.15) is 53.8 Å². The van der Waals surface area contributed by atoms with Crippen LogP contribution < -0.4 is 9.47 Å². The standard InChI is InChI=1S/C24H27N3O6/c1-4-6-11-27-23(30)17-9-7-15(13-18(17)24(27)31)21(28)25-26-22(29)16-8-10-19(33-12-5-2)20(14-16)32-3/h7-10,13-14,30-31H,4-6,11-12H2,1-3H3. The molecule has 0 spiro atoms. The molecule has 0 radical (unpaired) electrons. The number of rotatable bonds is 9. The summed E-state index contributed by atoms with van der Waals surface area (Å²) in [7, 11) is 1.46. The topological polar surface area (TPSA) is 123 Å². The van der Waals surface area contributed by atoms with Crippen LogP contribution >= 0.6 is 0 Å². The largest absolute Gasteiger partial charge is 0.494 e. The van der Waals surface area contributed by atoms with Crippen LogP contribution in [0, 0.1) is 0 Å². The summed E-state index contributed by atoms with van der Waals surface area (Å²) in [5.41, 5.74) is 0.321. The molecule has 1 heterocycles. The Morgan fingerprint density at radius 1 is 0.879 bits per heavy atom. The van der Waals surface area contributed by atoms with Gasteiger partial charge in [-0.15, -0.1) is 10.2 Å². The van der Waals surface area contributed by atoms with Crippen molar-refractivity contribution in [2.45, 2.75) is 39.7 Å². The van der Waals surface area contributed by atoms with Gasteiger partial charge in [-0.1, -0.05) is 20.3 Å². The number of fused-ring (bicyclic) bond motifs is 1. The van der Waals surface area contributed by atoms with Gasteiger partial charge in [0, 0.05) is 28.4 Å². The van der Waals surface area contributed by atoms with Gasteiger partial charge in [-0.25, -0.2) is 0 Å². The van der Waals surface area contributed by atoms with Gasteiger partial charge in [0.15, 0.2) is 11.5 Å². The van der Waals surface area contributed by atoms with Crippen LogP contribution in [0.5, 0.6) is 23.3 Å². The second-order valence-corrected chi connectivity index (χ2v) is 7.44. The summed E-state index contributed by atoms with van der Waals surface area (Å²) in [6.07, 6.45) is 2.50. The minimum Gasteiger partial charge on any atom is -0.494 e. The van der Waals surface area contributed by atoms with E-state index in [0.717, 1.165) is 19.3 Å². The van der Waals surface area contributed by atoms with Gasteiger partial charge in [0.25, 0.3) is 11.8 Å². The van der Waals surface area contributed by atoms with Crippen molar-refractivity contribution in [3.05, 3.63) is 47.5 Å². The van der Waals surface area contributed by atoms with Crippen molar-refractivity contribution in [3.63, 3.8) is 0 Å². The molecule has 9 nitrogen and oxygen atoms in total. The molecule has 0 bridgehead atoms. The number of aromatic nitrogens is 1. The highest BCUT2D eigenvalue weighted by molar-refractivity contribution is 6.03. The number of benzene rings is 2. The summed E-state index contributed by atoms with van der Waals surface area (Å²) in [5, 5.41) is 28.6. The van der Waals surface area contributed by atoms with E-state index in [1.807, 2.05) is 13.8 Å². The van der Waals surface area contributed by atoms with Crippen molar-refractivity contribution in [2.24, 2.45) is 10.2 Å². The SMILES string of the molecule is CCCCn1c(O)c2ccc(C(=O)N=NC(=O)c3ccc(OCCC)c(OC)c3)cc2c1O. The van der Waals surface area contributed by atoms with Gasteiger partial charge in [-0.3, -0.25) is 14.2 Å². The predicted molar refractivity (Wildman–Crippen MR) is 122 cm³/mol. The maximum atomic E-state index is 12.5. The second kappa shape index (κ2) is 10.6. The van der Waals surface area contributed by atoms with E-state index in [-0.39, 0.29) is 22.9 Å². The first-order valence-electron chi connectivity index (χ1n) is 10.8. The van der Waals surface area contributed by atoms with Gasteiger partial charge < -0.3 is 19.7 Å². The zero-order valence-electron chi connectivity index (χ0n) is 18.9. The fraction of sp³-hybridized carbons (Fsp3) is 0.333. The van der Waals surface area contributed by atoms with E-state index >= 15 is 0 Å². The molecule has 0 saturated heterocycles. The molecular formula is C24H27N3O6. The van der Waals surface area contributed by atoms with E-state index in [2.05, 4.69) is 10.2 Å². The number of carbonyl (C=O) groups excluding carboxylic acids is 2. The molecular weight excluding hydrogens is 426 g/mol. The molecule has 174 valence electrons. The molecule has 0 saturated carbocycles. The highest BCUT2D eigenvalue weighted by Crippen LogP contribution is 2.37. The summed E-state index contributed by atoms with van der Waals surface area (Å²) >= 11 is 0. The Morgan fingerprint density at radius 2 is 1.52 bits per heavy atom. The summed E-state index contributed by atoms with van der Waals surface area (Å²) in [6, 6.07) is 9.00. The Labute approximate surface area is 191 Å². The number of aromatic hydroxyl groups is 2. The van der Waals surface area contributed by atoms with Crippen LogP contribution in [0.2, 0.25) is 0 Å². The molecule has 3 rings (SSSR count). The Balaban J connectivity index is 1.79. The number of carbonyl (C=O) groups is 2. The van der Waals surface area contributed by atoms with Crippen LogP contribution in [0.15, 0.2) is 46.6 Å². The van der Waals surface area contributed by atoms with Crippen molar-refractivity contribution in [2.75, 3.05) is 13.7 Å². The third-order valence-electron chi connectivity index (χ3n) is 5.10. The van der Waals surface area contributed by atoms with Crippen molar-refractivity contribution in [1.29, 1.82) is 0 Å². The summed E-state index contributed by atoms with van der Waals surface area (Å²) < 4.78 is 12.2. The Morgan fingerprint density at radius 3 is 2.15 bits per heavy atom. The van der Waals surface area contributed by atoms with Gasteiger partial charge in [0.05, 0.1) is 13.7 Å². The average molecular weight is 453 g/mol. The molecule has 0 atom stereocenters. The molecule has 2 amide bonds. The third-order valence-corrected chi connectivity index (χ3v) is 5.10. The second-order valence-electron chi connectivity index (χ2n) is 7.44. The van der Waals surface area contributed by atoms with E-state index in [1.54, 1.807) is 6.07 Å². The average Bonchev–Trinajstić information content (AvgIpc) is 3.08. The molecule has 2 aromatic carbocycles. The third kappa shape index (κ3) is 5.14. The number of nitrogens with zero attached hydrogens (tertiary/aromatic N) is 3. The highest BCUT2D eigenvalue weighted by Gasteiger charge is 2.18. The zero-order chi connectivity index (χ0) is 24.0. The minimum absolute atomic E-state index is 0.0629. The van der Waals surface area contributed by atoms with E-state index in [4.69, 9.17) is 9.47 Å². The molecule has 2 N–H and O–H groups in total. The van der Waals surface area contributed by atoms with Gasteiger partial charge in [0.1, 0.15) is 0 Å². The lowest BCUT2D eigenvalue weighted by molar-refractivity contribution is 0.0946. The van der Waals surface area contributed by atoms with Crippen LogP contribution in [0.4, 0.5) is 0 Å². The monoisotopic (exact) mass is 453 g/mol. The summed E-state index contributed by atoms with van der Waals surface area (Å²) in [6.45, 7) is 4.94. The van der Waals surface area contributed by atoms with Crippen molar-refractivity contribution >= 4 is 22.6 Å². The molecule has 0 aliphatic carbocycles. The number of ether oxygens (including phenoxy) is 2. The van der Waals surface area contributed by atoms with Gasteiger partial charge in [0.2, 0.25) is 11.8 Å². The van der Waals surface area contributed by atoms with Crippen LogP contribution in [-0.4, -0.2) is 40.3 Å². The Kier molecular flexibility index (Phi) is 7.66. The van der Waals surface area contributed by atoms with E-state index in [1.165, 1.54) is 42.0 Å². The quantitative estimate of drug-likeness (QED) is 0.436. The first kappa shape index (κ1) is 23.8. The van der Waals surface area contributed by atoms with Gasteiger partial charge in [-0.2, -0.15) is 0 Å². The van der Waals surface area contributed by atoms with Gasteiger partial charge in [-0.05, 0) is 49.2 Å². The lowest BCUT2D eigenvalue weighted by Gasteiger charge is -2.10. The number of unbranched alkanes of at least 4 members (excludes halogenated alkanes) is 1. The van der Waals surface area contributed by atoms with E-state index in [0.29, 0.717) is 35.4 Å². The molecule has 9 heteroatoms. The molecule has 0 unspecified atom stereocenters. The van der Waals surface area contributed by atoms with Crippen molar-refractivity contribution in [1.82, 2.24) is 4.57 Å². The number of azo groups is 1. The van der Waals surface area contributed by atoms with Crippen molar-refractivity contribution < 1.29 is 29.3 Å². The predicted octanol–water partition coefficient (Wildman–Crippen LogP) is 5.08. The smallest absolute Gasteiger partial charge is 0.295 e. The maximum Gasteiger partial charge on any atom is 0.295 e. The van der Waals surface area contributed by atoms with E-state index in [9.17, 15) is 19.8 Å². The molecule has 0 aliphatic rings. The first-order chi connectivity index (χ1) is 15.9. The molecule has 1 aromatic heterocycles. The minimum atomic E-state index is -0.750. The Bertz CT molecular complexity index is 1200. The molecule has 0 aliphatic heterocycles.